The molecule has 144 valence electrons. The molecule has 0 radical (unpaired) electrons. The molecule has 2 aromatic carbocycles. The normalized spacial score (nSPS) is 20.9. The van der Waals surface area contributed by atoms with Crippen molar-refractivity contribution >= 4 is 17.7 Å². The highest BCUT2D eigenvalue weighted by Crippen LogP contribution is 2.37. The lowest BCUT2D eigenvalue weighted by Gasteiger charge is -2.38. The molecule has 1 heterocycles. The second-order valence-electron chi connectivity index (χ2n) is 7.02. The van der Waals surface area contributed by atoms with Crippen molar-refractivity contribution in [2.24, 2.45) is 0 Å². The number of aliphatic carboxylic acids is 1. The molecule has 1 aliphatic rings. The van der Waals surface area contributed by atoms with Gasteiger partial charge in [-0.15, -0.1) is 11.8 Å². The van der Waals surface area contributed by atoms with Crippen LogP contribution in [0.3, 0.4) is 0 Å². The SMILES string of the molecule is O=C(O)[C@H](Cc1ccc(O)cc1)NCC1(Sc2ccccc2)CCCNC1. The maximum Gasteiger partial charge on any atom is 0.321 e. The maximum atomic E-state index is 11.8. The van der Waals surface area contributed by atoms with Crippen LogP contribution in [0.1, 0.15) is 18.4 Å². The lowest BCUT2D eigenvalue weighted by atomic mass is 9.97. The molecule has 1 fully saturated rings. The fraction of sp³-hybridized carbons (Fsp3) is 0.381. The Morgan fingerprint density at radius 1 is 1.19 bits per heavy atom. The Bertz CT molecular complexity index is 731. The molecule has 2 aromatic rings. The number of carbonyl (C=O) groups is 1. The number of aromatic hydroxyl groups is 1. The average molecular weight is 387 g/mol. The highest BCUT2D eigenvalue weighted by atomic mass is 32.2. The summed E-state index contributed by atoms with van der Waals surface area (Å²) in [6.07, 6.45) is 2.50. The lowest BCUT2D eigenvalue weighted by molar-refractivity contribution is -0.139. The molecule has 1 unspecified atom stereocenters. The first-order chi connectivity index (χ1) is 13.1. The second-order valence-corrected chi connectivity index (χ2v) is 8.56. The summed E-state index contributed by atoms with van der Waals surface area (Å²) in [6, 6.07) is 16.3. The number of phenolic OH excluding ortho intramolecular Hbond substituents is 1. The first-order valence-corrected chi connectivity index (χ1v) is 10.1. The van der Waals surface area contributed by atoms with Gasteiger partial charge in [-0.3, -0.25) is 4.79 Å². The van der Waals surface area contributed by atoms with Crippen LogP contribution in [0.15, 0.2) is 59.5 Å². The van der Waals surface area contributed by atoms with Crippen molar-refractivity contribution < 1.29 is 15.0 Å². The third kappa shape index (κ3) is 5.73. The smallest absolute Gasteiger partial charge is 0.321 e. The van der Waals surface area contributed by atoms with Gasteiger partial charge in [-0.25, -0.2) is 0 Å². The number of piperidine rings is 1. The summed E-state index contributed by atoms with van der Waals surface area (Å²) in [5, 5.41) is 25.8. The van der Waals surface area contributed by atoms with E-state index in [1.165, 1.54) is 4.90 Å². The standard InChI is InChI=1S/C21H26N2O3S/c24-17-9-7-16(8-10-17)13-19(20(25)26)23-15-21(11-4-12-22-14-21)27-18-5-2-1-3-6-18/h1-3,5-10,19,22-24H,4,11-15H2,(H,25,26)/t19-,21?/m0/s1. The molecule has 6 heteroatoms. The van der Waals surface area contributed by atoms with E-state index in [1.807, 2.05) is 30.0 Å². The number of rotatable bonds is 8. The van der Waals surface area contributed by atoms with Crippen molar-refractivity contribution in [2.45, 2.75) is 34.9 Å². The third-order valence-corrected chi connectivity index (χ3v) is 6.29. The van der Waals surface area contributed by atoms with Gasteiger partial charge >= 0.3 is 5.97 Å². The minimum Gasteiger partial charge on any atom is -0.508 e. The van der Waals surface area contributed by atoms with Gasteiger partial charge in [0.1, 0.15) is 11.8 Å². The molecule has 4 N–H and O–H groups in total. The average Bonchev–Trinajstić information content (AvgIpc) is 2.68. The predicted molar refractivity (Wildman–Crippen MR) is 108 cm³/mol. The van der Waals surface area contributed by atoms with Crippen LogP contribution in [0, 0.1) is 0 Å². The van der Waals surface area contributed by atoms with Crippen molar-refractivity contribution in [3.63, 3.8) is 0 Å². The molecule has 0 aromatic heterocycles. The first-order valence-electron chi connectivity index (χ1n) is 9.25. The van der Waals surface area contributed by atoms with Crippen LogP contribution in [0.5, 0.6) is 5.75 Å². The van der Waals surface area contributed by atoms with Gasteiger partial charge in [-0.2, -0.15) is 0 Å². The monoisotopic (exact) mass is 386 g/mol. The van der Waals surface area contributed by atoms with Crippen LogP contribution in [0.25, 0.3) is 0 Å². The Morgan fingerprint density at radius 3 is 2.56 bits per heavy atom. The first kappa shape index (κ1) is 19.7. The van der Waals surface area contributed by atoms with Crippen molar-refractivity contribution in [3.8, 4) is 5.75 Å². The molecule has 0 amide bonds. The van der Waals surface area contributed by atoms with Gasteiger partial charge in [0.25, 0.3) is 0 Å². The Labute approximate surface area is 164 Å². The largest absolute Gasteiger partial charge is 0.508 e. The van der Waals surface area contributed by atoms with E-state index in [-0.39, 0.29) is 10.5 Å². The van der Waals surface area contributed by atoms with Crippen LogP contribution in [-0.2, 0) is 11.2 Å². The number of carboxylic acid groups (broad SMARTS) is 1. The van der Waals surface area contributed by atoms with Gasteiger partial charge in [0.15, 0.2) is 0 Å². The van der Waals surface area contributed by atoms with E-state index < -0.39 is 12.0 Å². The molecular formula is C21H26N2O3S. The minimum atomic E-state index is -0.855. The van der Waals surface area contributed by atoms with Gasteiger partial charge < -0.3 is 20.8 Å². The topological polar surface area (TPSA) is 81.6 Å². The van der Waals surface area contributed by atoms with Crippen LogP contribution < -0.4 is 10.6 Å². The summed E-state index contributed by atoms with van der Waals surface area (Å²) in [7, 11) is 0. The van der Waals surface area contributed by atoms with Crippen LogP contribution in [0.2, 0.25) is 0 Å². The van der Waals surface area contributed by atoms with E-state index in [4.69, 9.17) is 0 Å². The quantitative estimate of drug-likeness (QED) is 0.559. The number of hydrogen-bond acceptors (Lipinski definition) is 5. The number of nitrogens with one attached hydrogen (secondary N) is 2. The number of hydrogen-bond donors (Lipinski definition) is 4. The number of benzene rings is 2. The number of carboxylic acids is 1. The predicted octanol–water partition coefficient (Wildman–Crippen LogP) is 2.89. The summed E-state index contributed by atoms with van der Waals surface area (Å²) >= 11 is 1.82. The summed E-state index contributed by atoms with van der Waals surface area (Å²) < 4.78 is -0.0672. The van der Waals surface area contributed by atoms with Gasteiger partial charge in [-0.05, 0) is 55.6 Å². The highest BCUT2D eigenvalue weighted by Gasteiger charge is 2.34. The van der Waals surface area contributed by atoms with E-state index >= 15 is 0 Å². The Morgan fingerprint density at radius 2 is 1.93 bits per heavy atom. The zero-order valence-corrected chi connectivity index (χ0v) is 16.0. The summed E-state index contributed by atoms with van der Waals surface area (Å²) in [6.45, 7) is 2.48. The van der Waals surface area contributed by atoms with Gasteiger partial charge in [0.05, 0.1) is 0 Å². The Hall–Kier alpha value is -2.02. The molecule has 0 aliphatic carbocycles. The molecular weight excluding hydrogens is 360 g/mol. The van der Waals surface area contributed by atoms with E-state index in [2.05, 4.69) is 22.8 Å². The maximum absolute atomic E-state index is 11.8. The summed E-state index contributed by atoms with van der Waals surface area (Å²) in [5.41, 5.74) is 0.888. The molecule has 0 spiro atoms. The number of thioether (sulfide) groups is 1. The molecule has 3 rings (SSSR count). The molecule has 0 bridgehead atoms. The van der Waals surface area contributed by atoms with Crippen molar-refractivity contribution in [2.75, 3.05) is 19.6 Å². The molecule has 0 saturated carbocycles. The van der Waals surface area contributed by atoms with Crippen molar-refractivity contribution in [1.29, 1.82) is 0 Å². The van der Waals surface area contributed by atoms with Gasteiger partial charge in [0.2, 0.25) is 0 Å². The fourth-order valence-electron chi connectivity index (χ4n) is 3.38. The summed E-state index contributed by atoms with van der Waals surface area (Å²) in [4.78, 5) is 13.0. The van der Waals surface area contributed by atoms with E-state index in [0.29, 0.717) is 13.0 Å². The van der Waals surface area contributed by atoms with Crippen molar-refractivity contribution in [1.82, 2.24) is 10.6 Å². The van der Waals surface area contributed by atoms with Gasteiger partial charge in [-0.1, -0.05) is 30.3 Å². The van der Waals surface area contributed by atoms with Crippen molar-refractivity contribution in [3.05, 3.63) is 60.2 Å². The summed E-state index contributed by atoms with van der Waals surface area (Å²) in [5.74, 6) is -0.670. The number of phenols is 1. The van der Waals surface area contributed by atoms with E-state index in [1.54, 1.807) is 24.3 Å². The Balaban J connectivity index is 1.68. The molecule has 1 aliphatic heterocycles. The molecule has 1 saturated heterocycles. The molecule has 27 heavy (non-hydrogen) atoms. The fourth-order valence-corrected chi connectivity index (χ4v) is 4.75. The van der Waals surface area contributed by atoms with Crippen LogP contribution >= 0.6 is 11.8 Å². The molecule has 5 nitrogen and oxygen atoms in total. The highest BCUT2D eigenvalue weighted by molar-refractivity contribution is 8.00. The Kier molecular flexibility index (Phi) is 6.77. The van der Waals surface area contributed by atoms with E-state index in [9.17, 15) is 15.0 Å². The van der Waals surface area contributed by atoms with Gasteiger partial charge in [0, 0.05) is 22.7 Å². The minimum absolute atomic E-state index is 0.0672. The van der Waals surface area contributed by atoms with Crippen LogP contribution in [0.4, 0.5) is 0 Å². The lowest BCUT2D eigenvalue weighted by Crippen LogP contribution is -2.53. The third-order valence-electron chi connectivity index (χ3n) is 4.86. The zero-order valence-electron chi connectivity index (χ0n) is 15.2. The zero-order chi connectivity index (χ0) is 19.1. The van der Waals surface area contributed by atoms with Crippen LogP contribution in [-0.4, -0.2) is 46.6 Å². The molecule has 2 atom stereocenters. The second kappa shape index (κ2) is 9.26. The van der Waals surface area contributed by atoms with E-state index in [0.717, 1.165) is 31.5 Å².